The van der Waals surface area contributed by atoms with Gasteiger partial charge in [-0.2, -0.15) is 0 Å². The molecule has 0 aliphatic heterocycles. The van der Waals surface area contributed by atoms with E-state index in [9.17, 15) is 0 Å². The van der Waals surface area contributed by atoms with Crippen LogP contribution < -0.4 is 0 Å². The van der Waals surface area contributed by atoms with Gasteiger partial charge in [0.05, 0.1) is 1.37 Å². The van der Waals surface area contributed by atoms with Crippen LogP contribution in [0.1, 0.15) is 6.93 Å². The number of hydrogen-bond donors (Lipinski definition) is 0. The van der Waals surface area contributed by atoms with Crippen molar-refractivity contribution >= 4 is 10.8 Å². The van der Waals surface area contributed by atoms with Gasteiger partial charge in [0.25, 0.3) is 0 Å². The predicted octanol–water partition coefficient (Wildman–Crippen LogP) is 3.15. The second kappa shape index (κ2) is 2.39. The van der Waals surface area contributed by atoms with E-state index in [1.807, 2.05) is 30.3 Å². The lowest BCUT2D eigenvalue weighted by atomic mass is 10.1. The van der Waals surface area contributed by atoms with E-state index in [4.69, 9.17) is 1.37 Å². The molecule has 0 amide bonds. The standard InChI is InChI=1S/C11H10/c1-9-5-4-7-10-6-2-3-8-11(9)10/h2-8H,1H3/i2T. The third kappa shape index (κ3) is 1.01. The molecule has 0 atom stereocenters. The molecule has 0 aliphatic carbocycles. The van der Waals surface area contributed by atoms with Crippen LogP contribution in [0.15, 0.2) is 42.4 Å². The summed E-state index contributed by atoms with van der Waals surface area (Å²) >= 11 is 0. The van der Waals surface area contributed by atoms with E-state index in [2.05, 4.69) is 13.0 Å². The van der Waals surface area contributed by atoms with Crippen molar-refractivity contribution in [2.45, 2.75) is 6.92 Å². The van der Waals surface area contributed by atoms with Crippen LogP contribution in [-0.4, -0.2) is 0 Å². The number of benzene rings is 2. The summed E-state index contributed by atoms with van der Waals surface area (Å²) in [4.78, 5) is 0. The van der Waals surface area contributed by atoms with E-state index in [0.29, 0.717) is 6.04 Å². The molecule has 0 fully saturated rings. The first-order valence-corrected chi connectivity index (χ1v) is 3.73. The smallest absolute Gasteiger partial charge is 0.0616 e. The van der Waals surface area contributed by atoms with Crippen molar-refractivity contribution in [3.63, 3.8) is 0 Å². The van der Waals surface area contributed by atoms with E-state index in [1.54, 1.807) is 0 Å². The fourth-order valence-corrected chi connectivity index (χ4v) is 1.33. The molecule has 0 heterocycles. The highest BCUT2D eigenvalue weighted by atomic mass is 14.0. The topological polar surface area (TPSA) is 0 Å². The maximum atomic E-state index is 7.45. The largest absolute Gasteiger partial charge is 0.0623 e. The van der Waals surface area contributed by atoms with Gasteiger partial charge in [-0.05, 0) is 23.3 Å². The second-order valence-corrected chi connectivity index (χ2v) is 2.72. The Morgan fingerprint density at radius 1 is 1.09 bits per heavy atom. The molecule has 0 nitrogen and oxygen atoms in total. The van der Waals surface area contributed by atoms with E-state index < -0.39 is 0 Å². The molecule has 11 heavy (non-hydrogen) atoms. The first-order valence-electron chi connectivity index (χ1n) is 4.23. The molecule has 0 heteroatoms. The lowest BCUT2D eigenvalue weighted by Gasteiger charge is -1.98. The zero-order valence-electron chi connectivity index (χ0n) is 7.46. The summed E-state index contributed by atoms with van der Waals surface area (Å²) in [6, 6.07) is 12.5. The van der Waals surface area contributed by atoms with Crippen LogP contribution in [0.25, 0.3) is 10.8 Å². The molecule has 0 spiro atoms. The molecule has 2 aromatic rings. The van der Waals surface area contributed by atoms with Gasteiger partial charge < -0.3 is 0 Å². The quantitative estimate of drug-likeness (QED) is 0.532. The van der Waals surface area contributed by atoms with Crippen molar-refractivity contribution < 1.29 is 1.37 Å². The minimum Gasteiger partial charge on any atom is -0.0616 e. The fraction of sp³-hybridized carbons (Fsp3) is 0.0909. The van der Waals surface area contributed by atoms with E-state index >= 15 is 0 Å². The minimum absolute atomic E-state index is 0.577. The first kappa shape index (κ1) is 5.36. The van der Waals surface area contributed by atoms with Crippen molar-refractivity contribution in [3.05, 3.63) is 48.0 Å². The molecule has 0 saturated heterocycles. The van der Waals surface area contributed by atoms with E-state index in [0.717, 1.165) is 5.39 Å². The van der Waals surface area contributed by atoms with Crippen LogP contribution in [0.3, 0.4) is 0 Å². The summed E-state index contributed by atoms with van der Waals surface area (Å²) in [5.74, 6) is 0. The SMILES string of the molecule is [3H]c1ccc2c(C)cccc2c1. The van der Waals surface area contributed by atoms with Crippen LogP contribution in [0.4, 0.5) is 0 Å². The highest BCUT2D eigenvalue weighted by Gasteiger charge is 1.91. The summed E-state index contributed by atoms with van der Waals surface area (Å²) < 4.78 is 7.45. The Morgan fingerprint density at radius 2 is 2.00 bits per heavy atom. The lowest BCUT2D eigenvalue weighted by Crippen LogP contribution is -1.75. The van der Waals surface area contributed by atoms with Gasteiger partial charge in [0.2, 0.25) is 0 Å². The summed E-state index contributed by atoms with van der Waals surface area (Å²) in [5, 5.41) is 2.40. The molecule has 0 bridgehead atoms. The molecule has 54 valence electrons. The van der Waals surface area contributed by atoms with Gasteiger partial charge in [0.15, 0.2) is 0 Å². The molecule has 0 radical (unpaired) electrons. The monoisotopic (exact) mass is 144 g/mol. The predicted molar refractivity (Wildman–Crippen MR) is 48.7 cm³/mol. The summed E-state index contributed by atoms with van der Waals surface area (Å²) in [6.07, 6.45) is 0. The van der Waals surface area contributed by atoms with Gasteiger partial charge in [0, 0.05) is 0 Å². The minimum atomic E-state index is 0.577. The molecule has 0 N–H and O–H groups in total. The van der Waals surface area contributed by atoms with Gasteiger partial charge >= 0.3 is 0 Å². The second-order valence-electron chi connectivity index (χ2n) is 2.72. The highest BCUT2D eigenvalue weighted by molar-refractivity contribution is 5.85. The van der Waals surface area contributed by atoms with Crippen LogP contribution in [0.5, 0.6) is 0 Å². The average Bonchev–Trinajstić information content (AvgIpc) is 2.04. The Labute approximate surface area is 67.9 Å². The lowest BCUT2D eigenvalue weighted by molar-refractivity contribution is 1.53. The fourth-order valence-electron chi connectivity index (χ4n) is 1.33. The van der Waals surface area contributed by atoms with Crippen LogP contribution in [0, 0.1) is 6.92 Å². The van der Waals surface area contributed by atoms with Gasteiger partial charge in [0.1, 0.15) is 0 Å². The summed E-state index contributed by atoms with van der Waals surface area (Å²) in [5.41, 5.74) is 1.27. The molecule has 2 rings (SSSR count). The molecule has 0 unspecified atom stereocenters. The Morgan fingerprint density at radius 3 is 2.91 bits per heavy atom. The molecule has 0 aliphatic rings. The Hall–Kier alpha value is -1.30. The number of fused-ring (bicyclic) bond motifs is 1. The van der Waals surface area contributed by atoms with Gasteiger partial charge in [-0.15, -0.1) is 0 Å². The van der Waals surface area contributed by atoms with E-state index in [-0.39, 0.29) is 0 Å². The van der Waals surface area contributed by atoms with Crippen molar-refractivity contribution in [1.82, 2.24) is 0 Å². The maximum absolute atomic E-state index is 7.45. The third-order valence-electron chi connectivity index (χ3n) is 1.94. The summed E-state index contributed by atoms with van der Waals surface area (Å²) in [6.45, 7) is 2.09. The molecule has 2 aromatic carbocycles. The van der Waals surface area contributed by atoms with Gasteiger partial charge in [-0.3, -0.25) is 0 Å². The normalized spacial score (nSPS) is 11.5. The Kier molecular flexibility index (Phi) is 1.16. The Balaban J connectivity index is 2.86. The third-order valence-corrected chi connectivity index (χ3v) is 1.94. The molecular weight excluding hydrogens is 132 g/mol. The first-order chi connectivity index (χ1) is 5.77. The van der Waals surface area contributed by atoms with Crippen LogP contribution in [-0.2, 0) is 0 Å². The number of aryl methyl sites for hydroxylation is 1. The van der Waals surface area contributed by atoms with Gasteiger partial charge in [-0.25, -0.2) is 0 Å². The van der Waals surface area contributed by atoms with Crippen molar-refractivity contribution in [2.24, 2.45) is 0 Å². The number of rotatable bonds is 0. The van der Waals surface area contributed by atoms with Crippen molar-refractivity contribution in [2.75, 3.05) is 0 Å². The Bertz CT molecular complexity index is 418. The van der Waals surface area contributed by atoms with Gasteiger partial charge in [-0.1, -0.05) is 42.4 Å². The van der Waals surface area contributed by atoms with Crippen molar-refractivity contribution in [1.29, 1.82) is 0 Å². The number of hydrogen-bond acceptors (Lipinski definition) is 0. The van der Waals surface area contributed by atoms with Crippen LogP contribution in [0.2, 0.25) is 0 Å². The zero-order chi connectivity index (χ0) is 8.55. The van der Waals surface area contributed by atoms with E-state index in [1.165, 1.54) is 10.9 Å². The highest BCUT2D eigenvalue weighted by Crippen LogP contribution is 2.16. The van der Waals surface area contributed by atoms with Crippen molar-refractivity contribution in [3.8, 4) is 0 Å². The van der Waals surface area contributed by atoms with Crippen LogP contribution >= 0.6 is 0 Å². The zero-order valence-corrected chi connectivity index (χ0v) is 6.46. The molecular formula is C11H10. The summed E-state index contributed by atoms with van der Waals surface area (Å²) in [7, 11) is 0. The average molecular weight is 144 g/mol. The molecule has 0 saturated carbocycles. The molecule has 0 aromatic heterocycles. The maximum Gasteiger partial charge on any atom is 0.0623 e.